The monoisotopic (exact) mass is 384 g/mol. The number of allylic oxidation sites excluding steroid dienone is 1. The molecule has 0 aromatic rings. The summed E-state index contributed by atoms with van der Waals surface area (Å²) in [7, 11) is 0. The van der Waals surface area contributed by atoms with Crippen LogP contribution in [0.2, 0.25) is 0 Å². The molecule has 0 aromatic carbocycles. The van der Waals surface area contributed by atoms with Crippen molar-refractivity contribution in [3.05, 3.63) is 11.6 Å². The topological polar surface area (TPSA) is 43.4 Å². The molecule has 4 heteroatoms. The number of carbonyl (C=O) groups excluding carboxylic acids is 2. The Balaban J connectivity index is 1.36. The Morgan fingerprint density at radius 1 is 1.07 bits per heavy atom. The fourth-order valence-corrected chi connectivity index (χ4v) is 9.78. The van der Waals surface area contributed by atoms with E-state index in [0.717, 1.165) is 19.3 Å². The highest BCUT2D eigenvalue weighted by Crippen LogP contribution is 2.82. The lowest BCUT2D eigenvalue weighted by molar-refractivity contribution is -0.188. The second-order valence-corrected chi connectivity index (χ2v) is 11.6. The van der Waals surface area contributed by atoms with Gasteiger partial charge in [-0.25, -0.2) is 4.39 Å². The summed E-state index contributed by atoms with van der Waals surface area (Å²) in [5.41, 5.74) is 0.540. The van der Waals surface area contributed by atoms with Gasteiger partial charge in [0.05, 0.1) is 0 Å². The molecule has 1 heterocycles. The summed E-state index contributed by atoms with van der Waals surface area (Å²) < 4.78 is 22.2. The van der Waals surface area contributed by atoms with E-state index >= 15 is 4.39 Å². The third kappa shape index (κ3) is 1.60. The molecule has 1 saturated heterocycles. The maximum absolute atomic E-state index is 16.1. The maximum Gasteiger partial charge on any atom is 0.306 e. The Morgan fingerprint density at radius 3 is 2.64 bits per heavy atom. The number of halogens is 1. The summed E-state index contributed by atoms with van der Waals surface area (Å²) in [6.45, 7) is 4.53. The predicted molar refractivity (Wildman–Crippen MR) is 99.8 cm³/mol. The molecule has 6 fully saturated rings. The molecule has 7 rings (SSSR count). The van der Waals surface area contributed by atoms with Crippen LogP contribution in [0.5, 0.6) is 0 Å². The van der Waals surface area contributed by atoms with Crippen molar-refractivity contribution < 1.29 is 18.7 Å². The average molecular weight is 384 g/mol. The minimum atomic E-state index is -0.858. The number of ether oxygens (including phenoxy) is 1. The van der Waals surface area contributed by atoms with E-state index in [1.54, 1.807) is 0 Å². The molecule has 7 aliphatic rings. The van der Waals surface area contributed by atoms with Gasteiger partial charge in [-0.2, -0.15) is 0 Å². The van der Waals surface area contributed by atoms with Crippen molar-refractivity contribution in [2.75, 3.05) is 0 Å². The Labute approximate surface area is 165 Å². The van der Waals surface area contributed by atoms with E-state index in [1.807, 2.05) is 6.08 Å². The van der Waals surface area contributed by atoms with Gasteiger partial charge in [0.15, 0.2) is 5.78 Å². The summed E-state index contributed by atoms with van der Waals surface area (Å²) in [5.74, 6) is 3.26. The van der Waals surface area contributed by atoms with Crippen LogP contribution < -0.4 is 0 Å². The molecule has 3 nitrogen and oxygen atoms in total. The van der Waals surface area contributed by atoms with Crippen LogP contribution >= 0.6 is 0 Å². The maximum atomic E-state index is 16.1. The SMILES string of the molecule is C[C@]12CCC(=O)C=C1[C@@H]1C[C@@H]1C1C2[C@@H](F)C[C@@]2(C)C1[C@@H]1C[C@@H]1[C@@]21CCC(=O)O1. The molecule has 0 bridgehead atoms. The fraction of sp³-hybridized carbons (Fsp3) is 0.833. The van der Waals surface area contributed by atoms with Crippen LogP contribution in [0.15, 0.2) is 11.6 Å². The first kappa shape index (κ1) is 16.6. The first-order chi connectivity index (χ1) is 13.3. The number of hydrogen-bond donors (Lipinski definition) is 0. The lowest BCUT2D eigenvalue weighted by atomic mass is 9.44. The lowest BCUT2D eigenvalue weighted by Gasteiger charge is -2.61. The van der Waals surface area contributed by atoms with Crippen molar-refractivity contribution in [3.8, 4) is 0 Å². The standard InChI is InChI=1S/C24H29FO3/c1-22-5-3-11(26)7-15(22)12-8-13(12)19-20-14-9-16(14)24(6-4-18(27)28-24)23(20,2)10-17(25)21(19)22/h7,12-14,16-17,19-21H,3-6,8-10H2,1-2H3/t12-,13+,14-,16+,17+,19?,20?,21?,22+,23+,24+/m1/s1. The van der Waals surface area contributed by atoms with Gasteiger partial charge in [0.2, 0.25) is 0 Å². The average Bonchev–Trinajstić information content (AvgIpc) is 3.53. The highest BCUT2D eigenvalue weighted by Gasteiger charge is 2.82. The van der Waals surface area contributed by atoms with Crippen molar-refractivity contribution in [1.82, 2.24) is 0 Å². The summed E-state index contributed by atoms with van der Waals surface area (Å²) in [6.07, 6.45) is 6.59. The molecule has 0 amide bonds. The minimum absolute atomic E-state index is 0.0437. The van der Waals surface area contributed by atoms with Crippen LogP contribution in [0.3, 0.4) is 0 Å². The van der Waals surface area contributed by atoms with Crippen molar-refractivity contribution in [1.29, 1.82) is 0 Å². The van der Waals surface area contributed by atoms with E-state index in [9.17, 15) is 9.59 Å². The minimum Gasteiger partial charge on any atom is -0.458 e. The summed E-state index contributed by atoms with van der Waals surface area (Å²) in [6, 6.07) is 0. The summed E-state index contributed by atoms with van der Waals surface area (Å²) in [5, 5.41) is 0. The van der Waals surface area contributed by atoms with Gasteiger partial charge in [0.25, 0.3) is 0 Å². The number of hydrogen-bond acceptors (Lipinski definition) is 3. The predicted octanol–water partition coefficient (Wildman–Crippen LogP) is 4.25. The number of ketones is 1. The van der Waals surface area contributed by atoms with Gasteiger partial charge in [-0.3, -0.25) is 9.59 Å². The molecule has 0 aromatic heterocycles. The van der Waals surface area contributed by atoms with Crippen LogP contribution in [0.4, 0.5) is 4.39 Å². The van der Waals surface area contributed by atoms with E-state index in [0.29, 0.717) is 54.8 Å². The van der Waals surface area contributed by atoms with E-state index < -0.39 is 11.8 Å². The first-order valence-electron chi connectivity index (χ1n) is 11.4. The lowest BCUT2D eigenvalue weighted by Crippen LogP contribution is -2.61. The molecular weight excluding hydrogens is 355 g/mol. The number of alkyl halides is 1. The molecule has 0 N–H and O–H groups in total. The van der Waals surface area contributed by atoms with Gasteiger partial charge < -0.3 is 4.74 Å². The molecule has 3 unspecified atom stereocenters. The van der Waals surface area contributed by atoms with Gasteiger partial charge in [-0.1, -0.05) is 19.4 Å². The Hall–Kier alpha value is -1.19. The van der Waals surface area contributed by atoms with Crippen molar-refractivity contribution >= 4 is 11.8 Å². The van der Waals surface area contributed by atoms with Gasteiger partial charge in [0, 0.05) is 30.1 Å². The summed E-state index contributed by atoms with van der Waals surface area (Å²) in [4.78, 5) is 24.3. The number of esters is 1. The van der Waals surface area contributed by atoms with E-state index in [1.165, 1.54) is 12.0 Å². The normalized spacial score (nSPS) is 62.9. The highest BCUT2D eigenvalue weighted by atomic mass is 19.1. The Morgan fingerprint density at radius 2 is 1.89 bits per heavy atom. The third-order valence-corrected chi connectivity index (χ3v) is 10.8. The van der Waals surface area contributed by atoms with Crippen LogP contribution in [0, 0.1) is 52.3 Å². The largest absolute Gasteiger partial charge is 0.458 e. The molecule has 1 spiro atoms. The van der Waals surface area contributed by atoms with Crippen molar-refractivity contribution in [2.45, 2.75) is 70.6 Å². The Bertz CT molecular complexity index is 864. The second kappa shape index (κ2) is 4.59. The molecular formula is C24H29FO3. The number of carbonyl (C=O) groups is 2. The molecule has 0 radical (unpaired) electrons. The molecule has 150 valence electrons. The third-order valence-electron chi connectivity index (χ3n) is 10.8. The van der Waals surface area contributed by atoms with E-state index in [2.05, 4.69) is 13.8 Å². The van der Waals surface area contributed by atoms with Crippen LogP contribution in [-0.2, 0) is 14.3 Å². The number of fused-ring (bicyclic) bond motifs is 12. The molecule has 28 heavy (non-hydrogen) atoms. The second-order valence-electron chi connectivity index (χ2n) is 11.6. The Kier molecular flexibility index (Phi) is 2.72. The van der Waals surface area contributed by atoms with Crippen molar-refractivity contribution in [2.24, 2.45) is 52.3 Å². The zero-order chi connectivity index (χ0) is 19.2. The van der Waals surface area contributed by atoms with Crippen LogP contribution in [0.25, 0.3) is 0 Å². The zero-order valence-corrected chi connectivity index (χ0v) is 16.7. The van der Waals surface area contributed by atoms with E-state index in [-0.39, 0.29) is 28.5 Å². The molecule has 6 aliphatic carbocycles. The number of rotatable bonds is 0. The first-order valence-corrected chi connectivity index (χ1v) is 11.4. The molecule has 1 aliphatic heterocycles. The van der Waals surface area contributed by atoms with Gasteiger partial charge in [-0.05, 0) is 73.2 Å². The highest BCUT2D eigenvalue weighted by molar-refractivity contribution is 5.92. The van der Waals surface area contributed by atoms with Gasteiger partial charge >= 0.3 is 5.97 Å². The summed E-state index contributed by atoms with van der Waals surface area (Å²) >= 11 is 0. The fourth-order valence-electron chi connectivity index (χ4n) is 9.78. The van der Waals surface area contributed by atoms with E-state index in [4.69, 9.17) is 4.74 Å². The van der Waals surface area contributed by atoms with Gasteiger partial charge in [0.1, 0.15) is 11.8 Å². The quantitative estimate of drug-likeness (QED) is 0.586. The molecule has 5 saturated carbocycles. The van der Waals surface area contributed by atoms with Gasteiger partial charge in [-0.15, -0.1) is 0 Å². The van der Waals surface area contributed by atoms with Crippen LogP contribution in [0.1, 0.15) is 58.8 Å². The smallest absolute Gasteiger partial charge is 0.306 e. The zero-order valence-electron chi connectivity index (χ0n) is 16.7. The van der Waals surface area contributed by atoms with Crippen LogP contribution in [-0.4, -0.2) is 23.5 Å². The van der Waals surface area contributed by atoms with Crippen molar-refractivity contribution in [3.63, 3.8) is 0 Å². The molecule has 11 atom stereocenters.